The summed E-state index contributed by atoms with van der Waals surface area (Å²) in [5, 5.41) is 10.0. The molecular formula is C14H16ClN3O2. The van der Waals surface area contributed by atoms with Gasteiger partial charge in [0.05, 0.1) is 18.9 Å². The number of ether oxygens (including phenoxy) is 1. The first-order valence-electron chi connectivity index (χ1n) is 6.22. The normalized spacial score (nSPS) is 10.3. The van der Waals surface area contributed by atoms with Crippen LogP contribution in [0.5, 0.6) is 5.75 Å². The van der Waals surface area contributed by atoms with Crippen molar-refractivity contribution in [3.05, 3.63) is 46.2 Å². The second-order valence-electron chi connectivity index (χ2n) is 4.37. The van der Waals surface area contributed by atoms with E-state index in [1.54, 1.807) is 13.2 Å². The molecule has 6 heteroatoms. The average molecular weight is 294 g/mol. The Labute approximate surface area is 122 Å². The van der Waals surface area contributed by atoms with Crippen molar-refractivity contribution in [2.45, 2.75) is 13.3 Å². The zero-order valence-electron chi connectivity index (χ0n) is 11.4. The lowest BCUT2D eigenvalue weighted by atomic mass is 10.1. The van der Waals surface area contributed by atoms with E-state index >= 15 is 0 Å². The number of nitrogens with zero attached hydrogens (tertiary/aromatic N) is 1. The van der Waals surface area contributed by atoms with Gasteiger partial charge in [-0.1, -0.05) is 17.7 Å². The summed E-state index contributed by atoms with van der Waals surface area (Å²) in [5.41, 5.74) is 2.28. The molecule has 106 valence electrons. The van der Waals surface area contributed by atoms with E-state index in [4.69, 9.17) is 16.3 Å². The Hall–Kier alpha value is -2.01. The molecule has 0 spiro atoms. The zero-order valence-corrected chi connectivity index (χ0v) is 12.1. The van der Waals surface area contributed by atoms with E-state index in [2.05, 4.69) is 15.5 Å². The van der Waals surface area contributed by atoms with E-state index in [1.807, 2.05) is 19.1 Å². The lowest BCUT2D eigenvalue weighted by Crippen LogP contribution is -2.26. The van der Waals surface area contributed by atoms with E-state index in [9.17, 15) is 4.79 Å². The largest absolute Gasteiger partial charge is 0.497 e. The van der Waals surface area contributed by atoms with Crippen molar-refractivity contribution in [3.63, 3.8) is 0 Å². The lowest BCUT2D eigenvalue weighted by molar-refractivity contribution is 0.0953. The number of hydrogen-bond acceptors (Lipinski definition) is 3. The molecule has 1 amide bonds. The monoisotopic (exact) mass is 293 g/mol. The molecule has 2 N–H and O–H groups in total. The van der Waals surface area contributed by atoms with Gasteiger partial charge in [-0.05, 0) is 31.0 Å². The van der Waals surface area contributed by atoms with Crippen molar-refractivity contribution in [1.82, 2.24) is 15.5 Å². The van der Waals surface area contributed by atoms with Gasteiger partial charge < -0.3 is 10.1 Å². The predicted octanol–water partition coefficient (Wildman–Crippen LogP) is 2.35. The molecule has 0 unspecified atom stereocenters. The molecule has 0 bridgehead atoms. The van der Waals surface area contributed by atoms with Crippen LogP contribution in [0.2, 0.25) is 5.02 Å². The molecule has 0 fully saturated rings. The van der Waals surface area contributed by atoms with Crippen molar-refractivity contribution in [2.75, 3.05) is 13.7 Å². The summed E-state index contributed by atoms with van der Waals surface area (Å²) in [6.07, 6.45) is 2.18. The highest BCUT2D eigenvalue weighted by Gasteiger charge is 2.10. The second-order valence-corrected chi connectivity index (χ2v) is 4.78. The molecule has 1 heterocycles. The summed E-state index contributed by atoms with van der Waals surface area (Å²) in [6, 6.07) is 5.51. The molecule has 2 rings (SSSR count). The maximum Gasteiger partial charge on any atom is 0.254 e. The van der Waals surface area contributed by atoms with Gasteiger partial charge >= 0.3 is 0 Å². The number of H-pyrrole nitrogens is 1. The molecule has 0 aliphatic carbocycles. The van der Waals surface area contributed by atoms with Gasteiger partial charge in [0, 0.05) is 17.3 Å². The first-order valence-corrected chi connectivity index (χ1v) is 6.60. The molecule has 1 aromatic heterocycles. The van der Waals surface area contributed by atoms with Gasteiger partial charge in [0.25, 0.3) is 5.91 Å². The minimum absolute atomic E-state index is 0.138. The number of nitrogens with one attached hydrogen (secondary N) is 2. The Balaban J connectivity index is 1.90. The van der Waals surface area contributed by atoms with Crippen LogP contribution < -0.4 is 10.1 Å². The first kappa shape index (κ1) is 14.4. The molecule has 0 aliphatic heterocycles. The number of carbonyl (C=O) groups is 1. The van der Waals surface area contributed by atoms with E-state index < -0.39 is 0 Å². The average Bonchev–Trinajstić information content (AvgIpc) is 2.86. The maximum absolute atomic E-state index is 11.9. The van der Waals surface area contributed by atoms with Crippen LogP contribution in [-0.4, -0.2) is 29.8 Å². The third-order valence-electron chi connectivity index (χ3n) is 3.01. The number of halogens is 1. The van der Waals surface area contributed by atoms with E-state index in [1.165, 1.54) is 6.20 Å². The van der Waals surface area contributed by atoms with Crippen molar-refractivity contribution >= 4 is 17.5 Å². The summed E-state index contributed by atoms with van der Waals surface area (Å²) >= 11 is 6.14. The number of amides is 1. The fourth-order valence-corrected chi connectivity index (χ4v) is 2.11. The fourth-order valence-electron chi connectivity index (χ4n) is 1.84. The molecule has 0 radical (unpaired) electrons. The molecule has 0 saturated heterocycles. The fraction of sp³-hybridized carbons (Fsp3) is 0.286. The molecule has 1 aromatic carbocycles. The van der Waals surface area contributed by atoms with E-state index in [0.29, 0.717) is 23.6 Å². The maximum atomic E-state index is 11.9. The number of aromatic nitrogens is 2. The minimum Gasteiger partial charge on any atom is -0.497 e. The van der Waals surface area contributed by atoms with Crippen LogP contribution in [-0.2, 0) is 6.42 Å². The van der Waals surface area contributed by atoms with Crippen molar-refractivity contribution in [1.29, 1.82) is 0 Å². The number of methoxy groups -OCH3 is 1. The topological polar surface area (TPSA) is 67.0 Å². The van der Waals surface area contributed by atoms with Crippen LogP contribution in [0.3, 0.4) is 0 Å². The highest BCUT2D eigenvalue weighted by molar-refractivity contribution is 6.31. The Morgan fingerprint density at radius 1 is 1.50 bits per heavy atom. The van der Waals surface area contributed by atoms with Gasteiger partial charge in [-0.2, -0.15) is 5.10 Å². The highest BCUT2D eigenvalue weighted by Crippen LogP contribution is 2.22. The van der Waals surface area contributed by atoms with Gasteiger partial charge in [-0.15, -0.1) is 0 Å². The SMILES string of the molecule is COc1ccc(CCNC(=O)c2cn[nH]c2C)c(Cl)c1. The zero-order chi connectivity index (χ0) is 14.5. The molecule has 0 saturated carbocycles. The number of rotatable bonds is 5. The Bertz CT molecular complexity index is 610. The first-order chi connectivity index (χ1) is 9.61. The van der Waals surface area contributed by atoms with Crippen molar-refractivity contribution in [2.24, 2.45) is 0 Å². The van der Waals surface area contributed by atoms with Crippen LogP contribution >= 0.6 is 11.6 Å². The smallest absolute Gasteiger partial charge is 0.254 e. The Kier molecular flexibility index (Phi) is 4.63. The lowest BCUT2D eigenvalue weighted by Gasteiger charge is -2.08. The Morgan fingerprint density at radius 3 is 2.90 bits per heavy atom. The number of aryl methyl sites for hydroxylation is 1. The van der Waals surface area contributed by atoms with Gasteiger partial charge in [-0.25, -0.2) is 0 Å². The number of aromatic amines is 1. The molecule has 0 aliphatic rings. The molecule has 0 atom stereocenters. The van der Waals surface area contributed by atoms with Crippen molar-refractivity contribution in [3.8, 4) is 5.75 Å². The predicted molar refractivity (Wildman–Crippen MR) is 77.4 cm³/mol. The summed E-state index contributed by atoms with van der Waals surface area (Å²) < 4.78 is 5.09. The minimum atomic E-state index is -0.138. The van der Waals surface area contributed by atoms with Crippen LogP contribution in [0.15, 0.2) is 24.4 Å². The van der Waals surface area contributed by atoms with Gasteiger partial charge in [-0.3, -0.25) is 9.89 Å². The van der Waals surface area contributed by atoms with Gasteiger partial charge in [0.2, 0.25) is 0 Å². The van der Waals surface area contributed by atoms with Crippen LogP contribution in [0.1, 0.15) is 21.6 Å². The van der Waals surface area contributed by atoms with Crippen LogP contribution in [0.4, 0.5) is 0 Å². The van der Waals surface area contributed by atoms with E-state index in [0.717, 1.165) is 17.0 Å². The van der Waals surface area contributed by atoms with E-state index in [-0.39, 0.29) is 5.91 Å². The summed E-state index contributed by atoms with van der Waals surface area (Å²) in [4.78, 5) is 11.9. The third kappa shape index (κ3) is 3.30. The van der Waals surface area contributed by atoms with Gasteiger partial charge in [0.1, 0.15) is 5.75 Å². The standard InChI is InChI=1S/C14H16ClN3O2/c1-9-12(8-17-18-9)14(19)16-6-5-10-3-4-11(20-2)7-13(10)15/h3-4,7-8H,5-6H2,1-2H3,(H,16,19)(H,17,18). The summed E-state index contributed by atoms with van der Waals surface area (Å²) in [5.74, 6) is 0.581. The summed E-state index contributed by atoms with van der Waals surface area (Å²) in [7, 11) is 1.60. The van der Waals surface area contributed by atoms with Gasteiger partial charge in [0.15, 0.2) is 0 Å². The van der Waals surface area contributed by atoms with Crippen LogP contribution in [0, 0.1) is 6.92 Å². The van der Waals surface area contributed by atoms with Crippen molar-refractivity contribution < 1.29 is 9.53 Å². The summed E-state index contributed by atoms with van der Waals surface area (Å²) in [6.45, 7) is 2.32. The number of carbonyl (C=O) groups excluding carboxylic acids is 1. The molecule has 20 heavy (non-hydrogen) atoms. The number of hydrogen-bond donors (Lipinski definition) is 2. The Morgan fingerprint density at radius 2 is 2.30 bits per heavy atom. The van der Waals surface area contributed by atoms with Crippen LogP contribution in [0.25, 0.3) is 0 Å². The molecular weight excluding hydrogens is 278 g/mol. The third-order valence-corrected chi connectivity index (χ3v) is 3.37. The highest BCUT2D eigenvalue weighted by atomic mass is 35.5. The second kappa shape index (κ2) is 6.43. The quantitative estimate of drug-likeness (QED) is 0.889. The molecule has 2 aromatic rings. The molecule has 5 nitrogen and oxygen atoms in total. The number of benzene rings is 1.